The maximum absolute atomic E-state index is 11.6. The smallest absolute Gasteiger partial charge is 0.123 e. The molecule has 1 N–H and O–H groups in total. The van der Waals surface area contributed by atoms with Crippen molar-refractivity contribution in [3.05, 3.63) is 113 Å². The molecule has 0 aliphatic heterocycles. The summed E-state index contributed by atoms with van der Waals surface area (Å²) in [5.74, 6) is 0.726. The highest BCUT2D eigenvalue weighted by atomic mass is 16.3. The Labute approximate surface area is 187 Å². The summed E-state index contributed by atoms with van der Waals surface area (Å²) in [4.78, 5) is 0. The van der Waals surface area contributed by atoms with Crippen molar-refractivity contribution in [3.63, 3.8) is 0 Å². The highest BCUT2D eigenvalue weighted by molar-refractivity contribution is 5.56. The molecule has 0 fully saturated rings. The van der Waals surface area contributed by atoms with E-state index >= 15 is 0 Å². The Morgan fingerprint density at radius 3 is 1.87 bits per heavy atom. The van der Waals surface area contributed by atoms with Gasteiger partial charge in [-0.25, -0.2) is 0 Å². The first-order valence-electron chi connectivity index (χ1n) is 11.5. The number of hydrogen-bond donors (Lipinski definition) is 1. The van der Waals surface area contributed by atoms with Crippen LogP contribution in [0.25, 0.3) is 0 Å². The summed E-state index contributed by atoms with van der Waals surface area (Å²) < 4.78 is 0. The molecule has 0 saturated heterocycles. The van der Waals surface area contributed by atoms with Crippen molar-refractivity contribution in [3.8, 4) is 5.75 Å². The van der Waals surface area contributed by atoms with Gasteiger partial charge in [-0.15, -0.1) is 0 Å². The molecule has 160 valence electrons. The van der Waals surface area contributed by atoms with E-state index in [4.69, 9.17) is 0 Å². The van der Waals surface area contributed by atoms with Crippen LogP contribution in [0.15, 0.2) is 84.9 Å². The zero-order valence-corrected chi connectivity index (χ0v) is 19.2. The van der Waals surface area contributed by atoms with Crippen LogP contribution in [-0.4, -0.2) is 5.11 Å². The Bertz CT molecular complexity index is 1060. The van der Waals surface area contributed by atoms with Crippen LogP contribution in [0.1, 0.15) is 80.7 Å². The van der Waals surface area contributed by atoms with Crippen LogP contribution in [0.2, 0.25) is 0 Å². The van der Waals surface area contributed by atoms with Gasteiger partial charge in [0.15, 0.2) is 0 Å². The quantitative estimate of drug-likeness (QED) is 0.424. The minimum absolute atomic E-state index is 0.163. The van der Waals surface area contributed by atoms with Gasteiger partial charge in [-0.2, -0.15) is 0 Å². The van der Waals surface area contributed by atoms with E-state index in [0.29, 0.717) is 5.75 Å². The van der Waals surface area contributed by atoms with Crippen molar-refractivity contribution < 1.29 is 5.11 Å². The lowest BCUT2D eigenvalue weighted by atomic mass is 9.71. The van der Waals surface area contributed by atoms with Crippen LogP contribution < -0.4 is 0 Å². The zero-order chi connectivity index (χ0) is 22.1. The van der Waals surface area contributed by atoms with Gasteiger partial charge in [0.2, 0.25) is 0 Å². The molecule has 0 bridgehead atoms. The summed E-state index contributed by atoms with van der Waals surface area (Å²) in [5, 5.41) is 11.6. The van der Waals surface area contributed by atoms with Gasteiger partial charge in [0.25, 0.3) is 0 Å². The Hall–Kier alpha value is -2.80. The molecule has 4 rings (SSSR count). The number of phenols is 1. The van der Waals surface area contributed by atoms with E-state index < -0.39 is 0 Å². The summed E-state index contributed by atoms with van der Waals surface area (Å²) in [6.45, 7) is 9.01. The maximum atomic E-state index is 11.6. The molecular weight excluding hydrogens is 376 g/mol. The molecule has 1 aliphatic rings. The number of benzene rings is 3. The van der Waals surface area contributed by atoms with Gasteiger partial charge in [-0.3, -0.25) is 0 Å². The Morgan fingerprint density at radius 1 is 0.742 bits per heavy atom. The van der Waals surface area contributed by atoms with Crippen LogP contribution in [0.4, 0.5) is 0 Å². The van der Waals surface area contributed by atoms with Crippen LogP contribution in [0.5, 0.6) is 5.75 Å². The second-order valence-electron chi connectivity index (χ2n) is 9.91. The average molecular weight is 411 g/mol. The van der Waals surface area contributed by atoms with Crippen LogP contribution in [0.3, 0.4) is 0 Å². The molecule has 0 amide bonds. The molecule has 0 heterocycles. The van der Waals surface area contributed by atoms with Gasteiger partial charge in [0.1, 0.15) is 5.75 Å². The van der Waals surface area contributed by atoms with Gasteiger partial charge in [0.05, 0.1) is 0 Å². The summed E-state index contributed by atoms with van der Waals surface area (Å²) in [6.07, 6.45) is 7.95. The SMILES string of the molecule is CC(C)(c1ccccc1)c1cc(C2C=CCCC2)c(O)c(C(C)(C)c2ccccc2)c1. The largest absolute Gasteiger partial charge is 0.507 e. The van der Waals surface area contributed by atoms with Crippen molar-refractivity contribution in [2.24, 2.45) is 0 Å². The lowest BCUT2D eigenvalue weighted by Crippen LogP contribution is -2.24. The Morgan fingerprint density at radius 2 is 1.32 bits per heavy atom. The number of hydrogen-bond acceptors (Lipinski definition) is 1. The highest BCUT2D eigenvalue weighted by Crippen LogP contribution is 2.46. The third-order valence-corrected chi connectivity index (χ3v) is 7.18. The molecule has 1 heteroatoms. The molecule has 31 heavy (non-hydrogen) atoms. The monoisotopic (exact) mass is 410 g/mol. The number of allylic oxidation sites excluding steroid dienone is 2. The third kappa shape index (κ3) is 4.06. The molecule has 1 nitrogen and oxygen atoms in total. The molecule has 0 spiro atoms. The molecule has 0 radical (unpaired) electrons. The van der Waals surface area contributed by atoms with Gasteiger partial charge in [0, 0.05) is 27.9 Å². The molecule has 1 aliphatic carbocycles. The van der Waals surface area contributed by atoms with E-state index in [9.17, 15) is 5.11 Å². The van der Waals surface area contributed by atoms with Crippen LogP contribution in [0, 0.1) is 0 Å². The van der Waals surface area contributed by atoms with E-state index in [1.54, 1.807) is 0 Å². The molecule has 3 aromatic carbocycles. The van der Waals surface area contributed by atoms with E-state index in [2.05, 4.69) is 107 Å². The van der Waals surface area contributed by atoms with Gasteiger partial charge in [-0.1, -0.05) is 113 Å². The fourth-order valence-corrected chi connectivity index (χ4v) is 4.88. The summed E-state index contributed by atoms with van der Waals surface area (Å²) in [7, 11) is 0. The number of phenolic OH excluding ortho intramolecular Hbond substituents is 1. The molecule has 0 saturated carbocycles. The second kappa shape index (κ2) is 8.38. The normalized spacial score (nSPS) is 17.0. The second-order valence-corrected chi connectivity index (χ2v) is 9.91. The van der Waals surface area contributed by atoms with Crippen molar-refractivity contribution in [1.29, 1.82) is 0 Å². The molecular formula is C30H34O. The highest BCUT2D eigenvalue weighted by Gasteiger charge is 2.33. The van der Waals surface area contributed by atoms with E-state index in [-0.39, 0.29) is 16.7 Å². The molecule has 3 aromatic rings. The minimum Gasteiger partial charge on any atom is -0.507 e. The average Bonchev–Trinajstić information content (AvgIpc) is 2.80. The fourth-order valence-electron chi connectivity index (χ4n) is 4.88. The Balaban J connectivity index is 1.93. The first-order valence-corrected chi connectivity index (χ1v) is 11.5. The van der Waals surface area contributed by atoms with Crippen LogP contribution in [-0.2, 0) is 10.8 Å². The third-order valence-electron chi connectivity index (χ3n) is 7.18. The zero-order valence-electron chi connectivity index (χ0n) is 19.2. The van der Waals surface area contributed by atoms with Crippen molar-refractivity contribution in [2.75, 3.05) is 0 Å². The van der Waals surface area contributed by atoms with Crippen molar-refractivity contribution >= 4 is 0 Å². The Kier molecular flexibility index (Phi) is 5.79. The van der Waals surface area contributed by atoms with Crippen molar-refractivity contribution in [1.82, 2.24) is 0 Å². The predicted octanol–water partition coefficient (Wildman–Crippen LogP) is 7.87. The van der Waals surface area contributed by atoms with Crippen molar-refractivity contribution in [2.45, 2.75) is 63.7 Å². The molecule has 0 aromatic heterocycles. The fraction of sp³-hybridized carbons (Fsp3) is 0.333. The first-order chi connectivity index (χ1) is 14.8. The minimum atomic E-state index is -0.304. The summed E-state index contributed by atoms with van der Waals surface area (Å²) in [5.41, 5.74) is 5.36. The standard InChI is InChI=1S/C30H34O/c1-29(2,23-16-10-6-11-17-23)25-20-26(22-14-8-5-9-15-22)28(31)27(21-25)30(3,4)24-18-12-7-13-19-24/h6-8,10-14,16-22,31H,5,9,15H2,1-4H3. The predicted molar refractivity (Wildman–Crippen MR) is 131 cm³/mol. The lowest BCUT2D eigenvalue weighted by molar-refractivity contribution is 0.439. The summed E-state index contributed by atoms with van der Waals surface area (Å²) >= 11 is 0. The van der Waals surface area contributed by atoms with E-state index in [1.165, 1.54) is 23.1 Å². The van der Waals surface area contributed by atoms with Gasteiger partial charge < -0.3 is 5.11 Å². The number of rotatable bonds is 5. The topological polar surface area (TPSA) is 20.2 Å². The van der Waals surface area contributed by atoms with Gasteiger partial charge >= 0.3 is 0 Å². The molecule has 1 unspecified atom stereocenters. The summed E-state index contributed by atoms with van der Waals surface area (Å²) in [6, 6.07) is 25.7. The van der Waals surface area contributed by atoms with Gasteiger partial charge in [-0.05, 0) is 36.0 Å². The van der Waals surface area contributed by atoms with Crippen LogP contribution >= 0.6 is 0 Å². The van der Waals surface area contributed by atoms with E-state index in [1.807, 2.05) is 6.07 Å². The van der Waals surface area contributed by atoms with E-state index in [0.717, 1.165) is 24.0 Å². The lowest BCUT2D eigenvalue weighted by Gasteiger charge is -2.33. The first kappa shape index (κ1) is 21.4. The number of aromatic hydroxyl groups is 1. The molecule has 1 atom stereocenters. The maximum Gasteiger partial charge on any atom is 0.123 e.